The molecule has 1 fully saturated rings. The van der Waals surface area contributed by atoms with Crippen LogP contribution in [0.15, 0.2) is 77.7 Å². The summed E-state index contributed by atoms with van der Waals surface area (Å²) < 4.78 is 42.3. The number of amides is 2. The van der Waals surface area contributed by atoms with E-state index < -0.39 is 34.3 Å². The van der Waals surface area contributed by atoms with Gasteiger partial charge in [-0.2, -0.15) is 0 Å². The third-order valence-electron chi connectivity index (χ3n) is 7.13. The van der Waals surface area contributed by atoms with Crippen molar-refractivity contribution >= 4 is 50.7 Å². The van der Waals surface area contributed by atoms with Crippen molar-refractivity contribution in [3.63, 3.8) is 0 Å². The maximum absolute atomic E-state index is 14.1. The molecule has 218 valence electrons. The number of hydrogen-bond donors (Lipinski definition) is 1. The predicted octanol–water partition coefficient (Wildman–Crippen LogP) is 6.19. The van der Waals surface area contributed by atoms with Crippen LogP contribution in [-0.4, -0.2) is 43.8 Å². The lowest BCUT2D eigenvalue weighted by molar-refractivity contribution is -0.140. The number of hydrogen-bond acceptors (Lipinski definition) is 4. The van der Waals surface area contributed by atoms with E-state index in [-0.39, 0.29) is 34.1 Å². The monoisotopic (exact) mass is 619 g/mol. The standard InChI is InChI=1S/C30H32Cl2FN3O4S/c1-2-28(30(38)34-25-7-3-4-8-25)35(19-21-10-14-24(33)15-11-21)29(37)20-36(26-9-5-6-23(32)18-26)41(39,40)27-16-12-22(31)13-17-27/h5-6,9-18,25,28H,2-4,7-8,19-20H2,1H3,(H,34,38)/t28-/m1/s1. The number of anilines is 1. The first-order valence-electron chi connectivity index (χ1n) is 13.5. The second-order valence-electron chi connectivity index (χ2n) is 10.0. The van der Waals surface area contributed by atoms with Gasteiger partial charge in [0.25, 0.3) is 10.0 Å². The van der Waals surface area contributed by atoms with Crippen LogP contribution in [0.1, 0.15) is 44.6 Å². The lowest BCUT2D eigenvalue weighted by atomic mass is 10.1. The molecule has 0 aromatic heterocycles. The van der Waals surface area contributed by atoms with Gasteiger partial charge in [-0.1, -0.05) is 61.2 Å². The molecule has 3 aromatic carbocycles. The van der Waals surface area contributed by atoms with Gasteiger partial charge in [-0.25, -0.2) is 12.8 Å². The van der Waals surface area contributed by atoms with Gasteiger partial charge in [0.15, 0.2) is 0 Å². The van der Waals surface area contributed by atoms with E-state index in [4.69, 9.17) is 23.2 Å². The molecule has 41 heavy (non-hydrogen) atoms. The Hall–Kier alpha value is -3.14. The summed E-state index contributed by atoms with van der Waals surface area (Å²) in [5.41, 5.74) is 0.785. The first-order chi connectivity index (χ1) is 19.6. The van der Waals surface area contributed by atoms with Crippen molar-refractivity contribution in [2.75, 3.05) is 10.8 Å². The molecule has 1 aliphatic rings. The van der Waals surface area contributed by atoms with Crippen molar-refractivity contribution < 1.29 is 22.4 Å². The van der Waals surface area contributed by atoms with E-state index in [2.05, 4.69) is 5.32 Å². The van der Waals surface area contributed by atoms with Crippen LogP contribution in [-0.2, 0) is 26.2 Å². The van der Waals surface area contributed by atoms with Crippen LogP contribution in [0.2, 0.25) is 10.0 Å². The molecule has 0 saturated heterocycles. The van der Waals surface area contributed by atoms with Crippen LogP contribution in [0.4, 0.5) is 10.1 Å². The smallest absolute Gasteiger partial charge is 0.264 e. The summed E-state index contributed by atoms with van der Waals surface area (Å²) in [4.78, 5) is 28.8. The molecule has 11 heteroatoms. The molecule has 0 heterocycles. The molecular formula is C30H32Cl2FN3O4S. The molecule has 7 nitrogen and oxygen atoms in total. The highest BCUT2D eigenvalue weighted by molar-refractivity contribution is 7.92. The Morgan fingerprint density at radius 1 is 0.976 bits per heavy atom. The predicted molar refractivity (Wildman–Crippen MR) is 159 cm³/mol. The fraction of sp³-hybridized carbons (Fsp3) is 0.333. The minimum Gasteiger partial charge on any atom is -0.352 e. The highest BCUT2D eigenvalue weighted by Crippen LogP contribution is 2.28. The van der Waals surface area contributed by atoms with Gasteiger partial charge in [-0.15, -0.1) is 0 Å². The van der Waals surface area contributed by atoms with Gasteiger partial charge in [0, 0.05) is 22.6 Å². The molecule has 0 bridgehead atoms. The average molecular weight is 621 g/mol. The zero-order valence-corrected chi connectivity index (χ0v) is 24.9. The van der Waals surface area contributed by atoms with Crippen molar-refractivity contribution in [2.45, 2.75) is 62.6 Å². The summed E-state index contributed by atoms with van der Waals surface area (Å²) in [6.07, 6.45) is 4.09. The summed E-state index contributed by atoms with van der Waals surface area (Å²) in [5, 5.41) is 3.71. The quantitative estimate of drug-likeness (QED) is 0.277. The molecule has 4 rings (SSSR count). The van der Waals surface area contributed by atoms with E-state index in [1.54, 1.807) is 25.1 Å². The first kappa shape index (κ1) is 30.8. The van der Waals surface area contributed by atoms with E-state index in [1.807, 2.05) is 0 Å². The molecule has 0 spiro atoms. The van der Waals surface area contributed by atoms with Crippen molar-refractivity contribution in [3.8, 4) is 0 Å². The SMILES string of the molecule is CC[C@H](C(=O)NC1CCCC1)N(Cc1ccc(F)cc1)C(=O)CN(c1cccc(Cl)c1)S(=O)(=O)c1ccc(Cl)cc1. The van der Waals surface area contributed by atoms with Crippen LogP contribution < -0.4 is 9.62 Å². The summed E-state index contributed by atoms with van der Waals surface area (Å²) >= 11 is 12.2. The van der Waals surface area contributed by atoms with E-state index in [1.165, 1.54) is 59.5 Å². The maximum Gasteiger partial charge on any atom is 0.264 e. The molecule has 0 aliphatic heterocycles. The third-order valence-corrected chi connectivity index (χ3v) is 9.41. The number of nitrogens with zero attached hydrogens (tertiary/aromatic N) is 2. The largest absolute Gasteiger partial charge is 0.352 e. The van der Waals surface area contributed by atoms with E-state index in [9.17, 15) is 22.4 Å². The summed E-state index contributed by atoms with van der Waals surface area (Å²) in [7, 11) is -4.25. The number of nitrogens with one attached hydrogen (secondary N) is 1. The molecule has 2 amide bonds. The van der Waals surface area contributed by atoms with Crippen molar-refractivity contribution in [3.05, 3.63) is 94.2 Å². The molecule has 0 radical (unpaired) electrons. The number of carbonyl (C=O) groups is 2. The number of rotatable bonds is 11. The second kappa shape index (κ2) is 13.7. The Kier molecular flexibility index (Phi) is 10.3. The minimum atomic E-state index is -4.25. The van der Waals surface area contributed by atoms with Gasteiger partial charge in [0.05, 0.1) is 10.6 Å². The highest BCUT2D eigenvalue weighted by atomic mass is 35.5. The Labute approximate surface area is 250 Å². The Bertz CT molecular complexity index is 1460. The van der Waals surface area contributed by atoms with Gasteiger partial charge in [-0.05, 0) is 79.4 Å². The van der Waals surface area contributed by atoms with E-state index in [0.29, 0.717) is 17.0 Å². The Morgan fingerprint density at radius 2 is 1.63 bits per heavy atom. The van der Waals surface area contributed by atoms with Crippen molar-refractivity contribution in [1.29, 1.82) is 0 Å². The fourth-order valence-electron chi connectivity index (χ4n) is 4.97. The van der Waals surface area contributed by atoms with Crippen LogP contribution in [0.5, 0.6) is 0 Å². The lowest BCUT2D eigenvalue weighted by Crippen LogP contribution is -2.53. The summed E-state index contributed by atoms with van der Waals surface area (Å²) in [6, 6.07) is 16.6. The summed E-state index contributed by atoms with van der Waals surface area (Å²) in [6.45, 7) is 1.18. The van der Waals surface area contributed by atoms with E-state index in [0.717, 1.165) is 30.0 Å². The maximum atomic E-state index is 14.1. The van der Waals surface area contributed by atoms with Crippen LogP contribution in [0.3, 0.4) is 0 Å². The fourth-order valence-corrected chi connectivity index (χ4v) is 6.68. The number of benzene rings is 3. The second-order valence-corrected chi connectivity index (χ2v) is 12.7. The average Bonchev–Trinajstić information content (AvgIpc) is 3.45. The van der Waals surface area contributed by atoms with Gasteiger partial charge < -0.3 is 10.2 Å². The molecule has 3 aromatic rings. The summed E-state index contributed by atoms with van der Waals surface area (Å²) in [5.74, 6) is -1.33. The minimum absolute atomic E-state index is 0.0138. The third kappa shape index (κ3) is 7.78. The Morgan fingerprint density at radius 3 is 2.24 bits per heavy atom. The normalized spacial score (nSPS) is 14.4. The van der Waals surface area contributed by atoms with Crippen LogP contribution in [0, 0.1) is 5.82 Å². The zero-order valence-electron chi connectivity index (χ0n) is 22.6. The molecule has 1 aliphatic carbocycles. The molecule has 1 saturated carbocycles. The van der Waals surface area contributed by atoms with Gasteiger partial charge in [0.1, 0.15) is 18.4 Å². The molecule has 0 unspecified atom stereocenters. The Balaban J connectivity index is 1.71. The van der Waals surface area contributed by atoms with Crippen LogP contribution in [0.25, 0.3) is 0 Å². The zero-order chi connectivity index (χ0) is 29.6. The topological polar surface area (TPSA) is 86.8 Å². The molecule has 1 N–H and O–H groups in total. The van der Waals surface area contributed by atoms with Crippen molar-refractivity contribution in [1.82, 2.24) is 10.2 Å². The molecular weight excluding hydrogens is 588 g/mol. The lowest BCUT2D eigenvalue weighted by Gasteiger charge is -2.33. The number of halogens is 3. The van der Waals surface area contributed by atoms with Gasteiger partial charge in [-0.3, -0.25) is 13.9 Å². The molecule has 1 atom stereocenters. The van der Waals surface area contributed by atoms with Crippen molar-refractivity contribution in [2.24, 2.45) is 0 Å². The van der Waals surface area contributed by atoms with Gasteiger partial charge >= 0.3 is 0 Å². The van der Waals surface area contributed by atoms with Crippen LogP contribution >= 0.6 is 23.2 Å². The van der Waals surface area contributed by atoms with E-state index >= 15 is 0 Å². The highest BCUT2D eigenvalue weighted by Gasteiger charge is 2.34. The van der Waals surface area contributed by atoms with Gasteiger partial charge in [0.2, 0.25) is 11.8 Å². The number of carbonyl (C=O) groups excluding carboxylic acids is 2. The number of sulfonamides is 1. The first-order valence-corrected chi connectivity index (χ1v) is 15.7.